The Hall–Kier alpha value is -1.37. The zero-order chi connectivity index (χ0) is 11.4. The Kier molecular flexibility index (Phi) is 3.84. The van der Waals surface area contributed by atoms with Crippen LogP contribution in [0.15, 0.2) is 21.9 Å². The summed E-state index contributed by atoms with van der Waals surface area (Å²) in [6.45, 7) is 0.0995. The van der Waals surface area contributed by atoms with E-state index in [4.69, 9.17) is 0 Å². The van der Waals surface area contributed by atoms with E-state index in [1.165, 1.54) is 23.9 Å². The van der Waals surface area contributed by atoms with Gasteiger partial charge in [-0.25, -0.2) is 4.79 Å². The van der Waals surface area contributed by atoms with Crippen molar-refractivity contribution < 1.29 is 9.53 Å². The number of rotatable bonds is 3. The van der Waals surface area contributed by atoms with Crippen molar-refractivity contribution in [3.05, 3.63) is 33.1 Å². The average molecular weight is 277 g/mol. The van der Waals surface area contributed by atoms with E-state index in [1.54, 1.807) is 0 Å². The number of esters is 1. The van der Waals surface area contributed by atoms with Gasteiger partial charge in [0, 0.05) is 12.3 Å². The van der Waals surface area contributed by atoms with Crippen LogP contribution in [0, 0.1) is 0 Å². The lowest BCUT2D eigenvalue weighted by Crippen LogP contribution is -2.33. The summed E-state index contributed by atoms with van der Waals surface area (Å²) in [5, 5.41) is 0. The van der Waals surface area contributed by atoms with E-state index in [1.807, 2.05) is 0 Å². The van der Waals surface area contributed by atoms with Crippen LogP contribution < -0.4 is 11.2 Å². The first kappa shape index (κ1) is 11.7. The predicted molar refractivity (Wildman–Crippen MR) is 56.1 cm³/mol. The highest BCUT2D eigenvalue weighted by molar-refractivity contribution is 9.10. The lowest BCUT2D eigenvalue weighted by molar-refractivity contribution is -0.140. The van der Waals surface area contributed by atoms with E-state index < -0.39 is 22.0 Å². The Morgan fingerprint density at radius 1 is 1.67 bits per heavy atom. The topological polar surface area (TPSA) is 81.2 Å². The van der Waals surface area contributed by atoms with Crippen LogP contribution in [-0.4, -0.2) is 27.5 Å². The predicted octanol–water partition coefficient (Wildman–Crippen LogP) is -0.527. The van der Waals surface area contributed by atoms with Crippen molar-refractivity contribution in [3.63, 3.8) is 0 Å². The maximum absolute atomic E-state index is 11.2. The van der Waals surface area contributed by atoms with Gasteiger partial charge in [0.15, 0.2) is 0 Å². The number of aromatic nitrogens is 2. The Balaban J connectivity index is 2.86. The van der Waals surface area contributed by atoms with Crippen LogP contribution in [0.2, 0.25) is 0 Å². The second-order valence-electron chi connectivity index (χ2n) is 2.75. The molecule has 0 saturated heterocycles. The van der Waals surface area contributed by atoms with Gasteiger partial charge in [-0.1, -0.05) is 15.9 Å². The van der Waals surface area contributed by atoms with Gasteiger partial charge in [0.25, 0.3) is 5.56 Å². The standard InChI is InChI=1S/C8H9BrN2O4/c1-15-7(13)5(9)4-11-3-2-6(12)10-8(11)14/h2-3,5H,4H2,1H3,(H,10,12,14). The number of halogens is 1. The quantitative estimate of drug-likeness (QED) is 0.595. The van der Waals surface area contributed by atoms with Gasteiger partial charge in [-0.3, -0.25) is 19.1 Å². The summed E-state index contributed by atoms with van der Waals surface area (Å²) in [6.07, 6.45) is 1.32. The number of carbonyl (C=O) groups is 1. The van der Waals surface area contributed by atoms with Crippen LogP contribution in [-0.2, 0) is 16.1 Å². The molecule has 0 amide bonds. The van der Waals surface area contributed by atoms with Crippen molar-refractivity contribution in [2.45, 2.75) is 11.4 Å². The molecule has 1 aromatic heterocycles. The van der Waals surface area contributed by atoms with Gasteiger partial charge in [-0.05, 0) is 0 Å². The molecule has 1 heterocycles. The third kappa shape index (κ3) is 3.05. The Labute approximate surface area is 93.0 Å². The highest BCUT2D eigenvalue weighted by Crippen LogP contribution is 2.03. The van der Waals surface area contributed by atoms with E-state index >= 15 is 0 Å². The maximum Gasteiger partial charge on any atom is 0.328 e. The number of aromatic amines is 1. The van der Waals surface area contributed by atoms with Crippen LogP contribution in [0.3, 0.4) is 0 Å². The Bertz CT molecular complexity index is 464. The molecule has 0 saturated carbocycles. The Morgan fingerprint density at radius 2 is 2.33 bits per heavy atom. The minimum atomic E-state index is -0.619. The first-order valence-electron chi connectivity index (χ1n) is 4.06. The zero-order valence-electron chi connectivity index (χ0n) is 7.90. The van der Waals surface area contributed by atoms with Gasteiger partial charge in [0.05, 0.1) is 13.7 Å². The number of carbonyl (C=O) groups excluding carboxylic acids is 1. The molecule has 15 heavy (non-hydrogen) atoms. The van der Waals surface area contributed by atoms with Gasteiger partial charge in [0.2, 0.25) is 0 Å². The number of nitrogens with one attached hydrogen (secondary N) is 1. The number of H-pyrrole nitrogens is 1. The highest BCUT2D eigenvalue weighted by Gasteiger charge is 2.16. The second kappa shape index (κ2) is 4.92. The number of alkyl halides is 1. The molecular weight excluding hydrogens is 268 g/mol. The molecule has 0 radical (unpaired) electrons. The summed E-state index contributed by atoms with van der Waals surface area (Å²) >= 11 is 3.07. The number of hydrogen-bond acceptors (Lipinski definition) is 4. The number of methoxy groups -OCH3 is 1. The fourth-order valence-electron chi connectivity index (χ4n) is 0.963. The summed E-state index contributed by atoms with van der Waals surface area (Å²) in [5.74, 6) is -0.479. The molecule has 0 aliphatic carbocycles. The molecule has 1 aromatic rings. The molecule has 1 unspecified atom stereocenters. The first-order valence-corrected chi connectivity index (χ1v) is 4.98. The first-order chi connectivity index (χ1) is 7.04. The van der Waals surface area contributed by atoms with E-state index in [9.17, 15) is 14.4 Å². The third-order valence-corrected chi connectivity index (χ3v) is 2.37. The molecule has 0 spiro atoms. The molecule has 0 bridgehead atoms. The monoisotopic (exact) mass is 276 g/mol. The Morgan fingerprint density at radius 3 is 2.87 bits per heavy atom. The van der Waals surface area contributed by atoms with Gasteiger partial charge >= 0.3 is 11.7 Å². The molecule has 82 valence electrons. The fraction of sp³-hybridized carbons (Fsp3) is 0.375. The van der Waals surface area contributed by atoms with Gasteiger partial charge in [0.1, 0.15) is 4.83 Å². The van der Waals surface area contributed by atoms with Crippen LogP contribution in [0.1, 0.15) is 0 Å². The molecule has 0 aliphatic heterocycles. The molecular formula is C8H9BrN2O4. The maximum atomic E-state index is 11.2. The fourth-order valence-corrected chi connectivity index (χ4v) is 1.46. The van der Waals surface area contributed by atoms with Gasteiger partial charge in [-0.2, -0.15) is 0 Å². The summed E-state index contributed by atoms with van der Waals surface area (Å²) in [7, 11) is 1.26. The van der Waals surface area contributed by atoms with Crippen molar-refractivity contribution >= 4 is 21.9 Å². The molecule has 0 aliphatic rings. The second-order valence-corrected chi connectivity index (χ2v) is 3.86. The van der Waals surface area contributed by atoms with Crippen molar-refractivity contribution in [1.82, 2.24) is 9.55 Å². The lowest BCUT2D eigenvalue weighted by atomic mass is 10.4. The summed E-state index contributed by atoms with van der Waals surface area (Å²) in [6, 6.07) is 1.21. The third-order valence-electron chi connectivity index (χ3n) is 1.71. The van der Waals surface area contributed by atoms with E-state index in [-0.39, 0.29) is 6.54 Å². The summed E-state index contributed by atoms with van der Waals surface area (Å²) in [4.78, 5) is 34.5. The van der Waals surface area contributed by atoms with Gasteiger partial charge in [-0.15, -0.1) is 0 Å². The summed E-state index contributed by atoms with van der Waals surface area (Å²) in [5.41, 5.74) is -1.03. The molecule has 7 heteroatoms. The largest absolute Gasteiger partial charge is 0.468 e. The van der Waals surface area contributed by atoms with Crippen LogP contribution >= 0.6 is 15.9 Å². The van der Waals surface area contributed by atoms with Crippen molar-refractivity contribution in [3.8, 4) is 0 Å². The molecule has 0 fully saturated rings. The number of ether oxygens (including phenoxy) is 1. The van der Waals surface area contributed by atoms with Crippen LogP contribution in [0.4, 0.5) is 0 Å². The molecule has 0 aromatic carbocycles. The van der Waals surface area contributed by atoms with E-state index in [0.29, 0.717) is 0 Å². The minimum Gasteiger partial charge on any atom is -0.468 e. The van der Waals surface area contributed by atoms with Crippen molar-refractivity contribution in [2.24, 2.45) is 0 Å². The zero-order valence-corrected chi connectivity index (χ0v) is 9.48. The smallest absolute Gasteiger partial charge is 0.328 e. The lowest BCUT2D eigenvalue weighted by Gasteiger charge is -2.08. The molecule has 1 atom stereocenters. The SMILES string of the molecule is COC(=O)C(Br)Cn1ccc(=O)[nH]c1=O. The molecule has 1 rings (SSSR count). The number of hydrogen-bond donors (Lipinski definition) is 1. The number of nitrogens with zero attached hydrogens (tertiary/aromatic N) is 1. The van der Waals surface area contributed by atoms with Crippen molar-refractivity contribution in [1.29, 1.82) is 0 Å². The van der Waals surface area contributed by atoms with E-state index in [0.717, 1.165) is 0 Å². The normalized spacial score (nSPS) is 12.1. The minimum absolute atomic E-state index is 0.0995. The molecule has 6 nitrogen and oxygen atoms in total. The van der Waals surface area contributed by atoms with Gasteiger partial charge < -0.3 is 4.74 Å². The average Bonchev–Trinajstić information content (AvgIpc) is 2.20. The highest BCUT2D eigenvalue weighted by atomic mass is 79.9. The van der Waals surface area contributed by atoms with Crippen molar-refractivity contribution in [2.75, 3.05) is 7.11 Å². The van der Waals surface area contributed by atoms with Crippen LogP contribution in [0.5, 0.6) is 0 Å². The van der Waals surface area contributed by atoms with E-state index in [2.05, 4.69) is 25.7 Å². The van der Waals surface area contributed by atoms with Crippen LogP contribution in [0.25, 0.3) is 0 Å². The summed E-state index contributed by atoms with van der Waals surface area (Å²) < 4.78 is 5.68. The molecule has 1 N–H and O–H groups in total.